The van der Waals surface area contributed by atoms with Crippen LogP contribution in [0.4, 0.5) is 0 Å². The lowest BCUT2D eigenvalue weighted by Crippen LogP contribution is -2.55. The van der Waals surface area contributed by atoms with Gasteiger partial charge in [-0.1, -0.05) is 54.6 Å². The van der Waals surface area contributed by atoms with Crippen molar-refractivity contribution in [1.29, 1.82) is 0 Å². The number of nitrogens with one attached hydrogen (secondary N) is 2. The summed E-state index contributed by atoms with van der Waals surface area (Å²) in [6.45, 7) is 0.0986. The number of carbonyl (C=O) groups excluding carboxylic acids is 2. The van der Waals surface area contributed by atoms with Gasteiger partial charge in [-0.15, -0.1) is 0 Å². The molecule has 4 aromatic carbocycles. The number of sulfonamides is 1. The number of hydrazine groups is 1. The first kappa shape index (κ1) is 24.0. The molecular formula is C28H23N3O6S. The lowest BCUT2D eigenvalue weighted by Gasteiger charge is -2.35. The van der Waals surface area contributed by atoms with E-state index >= 15 is 0 Å². The SMILES string of the molecule is O=C(NNC(=O)[C@H]1Cc2ccccc2CN1S(=O)(=O)c1ccc2ccccc2c1)c1ccc2c(c1)OCO2. The second kappa shape index (κ2) is 9.47. The molecule has 38 heavy (non-hydrogen) atoms. The predicted octanol–water partition coefficient (Wildman–Crippen LogP) is 3.15. The summed E-state index contributed by atoms with van der Waals surface area (Å²) < 4.78 is 39.5. The minimum Gasteiger partial charge on any atom is -0.454 e. The molecule has 0 saturated heterocycles. The zero-order valence-corrected chi connectivity index (χ0v) is 20.9. The van der Waals surface area contributed by atoms with E-state index in [4.69, 9.17) is 9.47 Å². The minimum atomic E-state index is -4.06. The predicted molar refractivity (Wildman–Crippen MR) is 139 cm³/mol. The zero-order chi connectivity index (χ0) is 26.3. The summed E-state index contributed by atoms with van der Waals surface area (Å²) in [7, 11) is -4.06. The van der Waals surface area contributed by atoms with Crippen molar-refractivity contribution < 1.29 is 27.5 Å². The van der Waals surface area contributed by atoms with Crippen LogP contribution in [0.1, 0.15) is 21.5 Å². The fourth-order valence-corrected chi connectivity index (χ4v) is 6.35. The van der Waals surface area contributed by atoms with Gasteiger partial charge in [-0.25, -0.2) is 8.42 Å². The second-order valence-electron chi connectivity index (χ2n) is 9.06. The monoisotopic (exact) mass is 529 g/mol. The topological polar surface area (TPSA) is 114 Å². The number of hydrogen-bond donors (Lipinski definition) is 2. The summed E-state index contributed by atoms with van der Waals surface area (Å²) in [6, 6.07) is 23.4. The van der Waals surface area contributed by atoms with Crippen molar-refractivity contribution in [3.05, 3.63) is 102 Å². The van der Waals surface area contributed by atoms with Gasteiger partial charge < -0.3 is 9.47 Å². The third-order valence-corrected chi connectivity index (χ3v) is 8.62. The zero-order valence-electron chi connectivity index (χ0n) is 20.1. The highest BCUT2D eigenvalue weighted by Crippen LogP contribution is 2.33. The Morgan fingerprint density at radius 3 is 2.37 bits per heavy atom. The highest BCUT2D eigenvalue weighted by atomic mass is 32.2. The number of carbonyl (C=O) groups is 2. The molecule has 2 heterocycles. The molecule has 6 rings (SSSR count). The van der Waals surface area contributed by atoms with Gasteiger partial charge in [0.25, 0.3) is 11.8 Å². The summed E-state index contributed by atoms with van der Waals surface area (Å²) in [4.78, 5) is 26.2. The largest absolute Gasteiger partial charge is 0.454 e. The molecule has 2 N–H and O–H groups in total. The summed E-state index contributed by atoms with van der Waals surface area (Å²) in [5.41, 5.74) is 6.76. The van der Waals surface area contributed by atoms with Crippen LogP contribution >= 0.6 is 0 Å². The minimum absolute atomic E-state index is 0.0273. The molecule has 0 saturated carbocycles. The van der Waals surface area contributed by atoms with Crippen molar-refractivity contribution >= 4 is 32.6 Å². The Morgan fingerprint density at radius 2 is 1.53 bits per heavy atom. The van der Waals surface area contributed by atoms with Gasteiger partial charge in [-0.2, -0.15) is 4.31 Å². The first-order valence-electron chi connectivity index (χ1n) is 12.0. The summed E-state index contributed by atoms with van der Waals surface area (Å²) in [5, 5.41) is 1.69. The van der Waals surface area contributed by atoms with E-state index in [0.29, 0.717) is 11.5 Å². The van der Waals surface area contributed by atoms with Crippen LogP contribution in [0.15, 0.2) is 89.8 Å². The van der Waals surface area contributed by atoms with Crippen LogP contribution in [-0.4, -0.2) is 37.4 Å². The van der Waals surface area contributed by atoms with Gasteiger partial charge in [0.2, 0.25) is 16.8 Å². The number of fused-ring (bicyclic) bond motifs is 3. The highest BCUT2D eigenvalue weighted by Gasteiger charge is 2.40. The third kappa shape index (κ3) is 4.33. The number of amides is 2. The lowest BCUT2D eigenvalue weighted by molar-refractivity contribution is -0.126. The smallest absolute Gasteiger partial charge is 0.269 e. The molecule has 10 heteroatoms. The maximum atomic E-state index is 13.9. The molecule has 0 radical (unpaired) electrons. The lowest BCUT2D eigenvalue weighted by atomic mass is 9.95. The Balaban J connectivity index is 1.27. The maximum Gasteiger partial charge on any atom is 0.269 e. The molecule has 1 atom stereocenters. The molecule has 0 fully saturated rings. The standard InChI is InChI=1S/C28H23N3O6S/c32-27(21-10-12-25-26(15-21)37-17-36-25)29-30-28(33)24-14-20-7-3-4-8-22(20)16-31(24)38(34,35)23-11-9-18-5-1-2-6-19(18)13-23/h1-13,15,24H,14,16-17H2,(H,29,32)(H,30,33)/t24-/m1/s1. The van der Waals surface area contributed by atoms with Gasteiger partial charge in [0, 0.05) is 12.1 Å². The molecule has 0 aromatic heterocycles. The Morgan fingerprint density at radius 1 is 0.789 bits per heavy atom. The van der Waals surface area contributed by atoms with E-state index in [1.54, 1.807) is 30.3 Å². The van der Waals surface area contributed by atoms with E-state index in [0.717, 1.165) is 21.9 Å². The van der Waals surface area contributed by atoms with Crippen LogP contribution < -0.4 is 20.3 Å². The number of rotatable bonds is 4. The molecule has 0 aliphatic carbocycles. The van der Waals surface area contributed by atoms with E-state index in [2.05, 4.69) is 10.9 Å². The average molecular weight is 530 g/mol. The van der Waals surface area contributed by atoms with Gasteiger partial charge >= 0.3 is 0 Å². The average Bonchev–Trinajstić information content (AvgIpc) is 3.43. The van der Waals surface area contributed by atoms with E-state index in [1.807, 2.05) is 48.5 Å². The number of nitrogens with zero attached hydrogens (tertiary/aromatic N) is 1. The third-order valence-electron chi connectivity index (χ3n) is 6.77. The van der Waals surface area contributed by atoms with E-state index < -0.39 is 27.9 Å². The van der Waals surface area contributed by atoms with Gasteiger partial charge in [0.1, 0.15) is 6.04 Å². The molecule has 2 aliphatic rings. The molecule has 2 aliphatic heterocycles. The summed E-state index contributed by atoms with van der Waals surface area (Å²) >= 11 is 0. The van der Waals surface area contributed by atoms with Gasteiger partial charge in [-0.05, 0) is 58.7 Å². The van der Waals surface area contributed by atoms with Crippen LogP contribution in [-0.2, 0) is 27.8 Å². The van der Waals surface area contributed by atoms with Crippen LogP contribution in [0.3, 0.4) is 0 Å². The Bertz CT molecular complexity index is 1690. The first-order valence-corrected chi connectivity index (χ1v) is 13.4. The highest BCUT2D eigenvalue weighted by molar-refractivity contribution is 7.89. The van der Waals surface area contributed by atoms with E-state index in [-0.39, 0.29) is 30.2 Å². The molecular weight excluding hydrogens is 506 g/mol. The molecule has 2 amide bonds. The number of ether oxygens (including phenoxy) is 2. The van der Waals surface area contributed by atoms with Crippen molar-refractivity contribution in [2.45, 2.75) is 23.9 Å². The molecule has 192 valence electrons. The van der Waals surface area contributed by atoms with Crippen LogP contribution in [0.5, 0.6) is 11.5 Å². The van der Waals surface area contributed by atoms with E-state index in [1.165, 1.54) is 10.4 Å². The molecule has 0 bridgehead atoms. The van der Waals surface area contributed by atoms with Crippen molar-refractivity contribution in [3.8, 4) is 11.5 Å². The molecule has 9 nitrogen and oxygen atoms in total. The molecule has 0 unspecified atom stereocenters. The Hall–Kier alpha value is -4.41. The summed E-state index contributed by atoms with van der Waals surface area (Å²) in [6.07, 6.45) is 0.161. The summed E-state index contributed by atoms with van der Waals surface area (Å²) in [5.74, 6) is -0.253. The Kier molecular flexibility index (Phi) is 5.97. The van der Waals surface area contributed by atoms with Crippen molar-refractivity contribution in [3.63, 3.8) is 0 Å². The molecule has 4 aromatic rings. The van der Waals surface area contributed by atoms with Gasteiger partial charge in [0.05, 0.1) is 4.90 Å². The number of hydrogen-bond acceptors (Lipinski definition) is 6. The van der Waals surface area contributed by atoms with Crippen LogP contribution in [0.25, 0.3) is 10.8 Å². The van der Waals surface area contributed by atoms with Crippen molar-refractivity contribution in [2.75, 3.05) is 6.79 Å². The van der Waals surface area contributed by atoms with E-state index in [9.17, 15) is 18.0 Å². The Labute approximate surface area is 219 Å². The van der Waals surface area contributed by atoms with Crippen molar-refractivity contribution in [2.24, 2.45) is 0 Å². The molecule has 0 spiro atoms. The van der Waals surface area contributed by atoms with Gasteiger partial charge in [-0.3, -0.25) is 20.4 Å². The van der Waals surface area contributed by atoms with Gasteiger partial charge in [0.15, 0.2) is 11.5 Å². The quantitative estimate of drug-likeness (QED) is 0.393. The van der Waals surface area contributed by atoms with Crippen molar-refractivity contribution in [1.82, 2.24) is 15.2 Å². The normalized spacial score (nSPS) is 16.6. The fourth-order valence-electron chi connectivity index (χ4n) is 4.75. The first-order chi connectivity index (χ1) is 18.4. The maximum absolute atomic E-state index is 13.9. The number of benzene rings is 4. The van der Waals surface area contributed by atoms with Crippen LogP contribution in [0.2, 0.25) is 0 Å². The fraction of sp³-hybridized carbons (Fsp3) is 0.143. The van der Waals surface area contributed by atoms with Crippen LogP contribution in [0, 0.1) is 0 Å². The second-order valence-corrected chi connectivity index (χ2v) is 10.9.